The minimum absolute atomic E-state index is 0.00252. The first-order valence-electron chi connectivity index (χ1n) is 16.1. The fourth-order valence-corrected chi connectivity index (χ4v) is 5.94. The zero-order valence-corrected chi connectivity index (χ0v) is 29.2. The van der Waals surface area contributed by atoms with Gasteiger partial charge in [0.2, 0.25) is 0 Å². The Kier molecular flexibility index (Phi) is 15.1. The zero-order valence-electron chi connectivity index (χ0n) is 27.7. The van der Waals surface area contributed by atoms with E-state index in [0.717, 1.165) is 18.6 Å². The number of ketones is 2. The van der Waals surface area contributed by atoms with E-state index in [2.05, 4.69) is 0 Å². The highest BCUT2D eigenvalue weighted by Crippen LogP contribution is 2.37. The van der Waals surface area contributed by atoms with E-state index in [4.69, 9.17) is 32.7 Å². The van der Waals surface area contributed by atoms with Crippen molar-refractivity contribution in [3.05, 3.63) is 69.8 Å². The van der Waals surface area contributed by atoms with Gasteiger partial charge in [-0.05, 0) is 57.2 Å². The number of rotatable bonds is 0. The molecule has 12 nitrogen and oxygen atoms in total. The summed E-state index contributed by atoms with van der Waals surface area (Å²) in [7, 11) is 0. The number of esters is 2. The Balaban J connectivity index is 0.000000271. The molecule has 0 aromatic heterocycles. The Morgan fingerprint density at radius 3 is 2.10 bits per heavy atom. The van der Waals surface area contributed by atoms with E-state index >= 15 is 0 Å². The molecular weight excluding hydrogens is 695 g/mol. The summed E-state index contributed by atoms with van der Waals surface area (Å²) in [6.45, 7) is 3.28. The van der Waals surface area contributed by atoms with Gasteiger partial charge < -0.3 is 40.1 Å². The number of carbonyl (C=O) groups is 4. The number of halogens is 2. The summed E-state index contributed by atoms with van der Waals surface area (Å²) in [6.07, 6.45) is 5.73. The summed E-state index contributed by atoms with van der Waals surface area (Å²) in [4.78, 5) is 49.2. The number of benzene rings is 2. The fraction of sp³-hybridized carbons (Fsp3) is 0.444. The van der Waals surface area contributed by atoms with E-state index in [1.807, 2.05) is 12.2 Å². The Morgan fingerprint density at radius 2 is 1.38 bits per heavy atom. The van der Waals surface area contributed by atoms with Crippen LogP contribution in [0.2, 0.25) is 5.02 Å². The standard InChI is InChI=1S/C18H21ClO7.C18H21ClO5/c1-9-6-13(22)12(21)5-3-2-4-10(20)7-11-16(18(25)26-9)14(23)8-15(24)17(11)19;1-11-5-3-2-4-6-13(19)9-14(20)7-12-8-15(21)10-16(22)17(12)18(23)24-11/h2,4,8-9,12-13,21-24H,3,5-7H2,1H3;2-3,8,10-11,13,21-22H,4-7,9H2,1H3/b4-2+;3-2+/t9-,12?,13?;11-,13?/m11/s1. The highest BCUT2D eigenvalue weighted by atomic mass is 35.5. The van der Waals surface area contributed by atoms with Gasteiger partial charge in [-0.2, -0.15) is 0 Å². The minimum Gasteiger partial charge on any atom is -0.508 e. The summed E-state index contributed by atoms with van der Waals surface area (Å²) in [5.41, 5.74) is -0.187. The number of phenols is 4. The number of cyclic esters (lactones) is 2. The summed E-state index contributed by atoms with van der Waals surface area (Å²) in [6, 6.07) is 3.26. The maximum atomic E-state index is 12.5. The van der Waals surface area contributed by atoms with Crippen molar-refractivity contribution in [1.82, 2.24) is 0 Å². The van der Waals surface area contributed by atoms with Crippen molar-refractivity contribution in [1.29, 1.82) is 0 Å². The lowest BCUT2D eigenvalue weighted by molar-refractivity contribution is -0.118. The van der Waals surface area contributed by atoms with Gasteiger partial charge in [0, 0.05) is 55.2 Å². The molecule has 2 aliphatic rings. The number of hydrogen-bond donors (Lipinski definition) is 6. The van der Waals surface area contributed by atoms with E-state index in [9.17, 15) is 49.8 Å². The van der Waals surface area contributed by atoms with Crippen LogP contribution < -0.4 is 0 Å². The topological polar surface area (TPSA) is 208 Å². The number of aliphatic hydroxyl groups is 2. The molecule has 0 bridgehead atoms. The molecule has 0 saturated heterocycles. The van der Waals surface area contributed by atoms with Crippen LogP contribution in [0.15, 0.2) is 42.5 Å². The Labute approximate surface area is 299 Å². The van der Waals surface area contributed by atoms with Crippen molar-refractivity contribution in [3.63, 3.8) is 0 Å². The third-order valence-corrected chi connectivity index (χ3v) is 8.74. The summed E-state index contributed by atoms with van der Waals surface area (Å²) >= 11 is 12.2. The molecule has 4 rings (SSSR count). The molecule has 0 aliphatic carbocycles. The summed E-state index contributed by atoms with van der Waals surface area (Å²) in [5.74, 6) is -3.87. The van der Waals surface area contributed by atoms with E-state index in [1.54, 1.807) is 13.0 Å². The average Bonchev–Trinajstić information content (AvgIpc) is 3.00. The molecule has 2 aromatic carbocycles. The molecule has 6 N–H and O–H groups in total. The number of hydrogen-bond acceptors (Lipinski definition) is 12. The third-order valence-electron chi connectivity index (χ3n) is 7.95. The maximum Gasteiger partial charge on any atom is 0.342 e. The molecule has 3 unspecified atom stereocenters. The molecular formula is C36H42Cl2O12. The summed E-state index contributed by atoms with van der Waals surface area (Å²) in [5, 5.41) is 58.9. The average molecular weight is 738 g/mol. The zero-order chi connectivity index (χ0) is 37.1. The quantitative estimate of drug-likeness (QED) is 0.115. The van der Waals surface area contributed by atoms with Crippen molar-refractivity contribution >= 4 is 46.7 Å². The molecule has 0 radical (unpaired) electrons. The van der Waals surface area contributed by atoms with Crippen LogP contribution in [0.25, 0.3) is 0 Å². The molecule has 2 heterocycles. The van der Waals surface area contributed by atoms with Gasteiger partial charge in [-0.3, -0.25) is 9.59 Å². The number of fused-ring (bicyclic) bond motifs is 2. The predicted octanol–water partition coefficient (Wildman–Crippen LogP) is 5.36. The van der Waals surface area contributed by atoms with Crippen LogP contribution in [0, 0.1) is 0 Å². The summed E-state index contributed by atoms with van der Waals surface area (Å²) < 4.78 is 10.5. The largest absolute Gasteiger partial charge is 0.508 e. The van der Waals surface area contributed by atoms with Gasteiger partial charge in [0.05, 0.1) is 17.2 Å². The number of Topliss-reactive ketones (excluding diaryl/α,β-unsaturated/α-hetero) is 1. The number of aliphatic hydroxyl groups excluding tert-OH is 2. The lowest BCUT2D eigenvalue weighted by Gasteiger charge is -2.22. The van der Waals surface area contributed by atoms with Crippen molar-refractivity contribution in [2.24, 2.45) is 0 Å². The van der Waals surface area contributed by atoms with Crippen molar-refractivity contribution in [3.8, 4) is 23.0 Å². The number of carbonyl (C=O) groups excluding carboxylic acids is 4. The van der Waals surface area contributed by atoms with Crippen LogP contribution in [0.5, 0.6) is 23.0 Å². The highest BCUT2D eigenvalue weighted by molar-refractivity contribution is 6.33. The van der Waals surface area contributed by atoms with E-state index in [-0.39, 0.29) is 82.4 Å². The number of ether oxygens (including phenoxy) is 2. The van der Waals surface area contributed by atoms with Crippen LogP contribution in [0.4, 0.5) is 0 Å². The minimum atomic E-state index is -1.11. The Morgan fingerprint density at radius 1 is 0.740 bits per heavy atom. The SMILES string of the molecule is C[C@@H]1C/C=C/CCC(Cl)CC(=O)Cc2cc(O)cc(O)c2C(=O)O1.C[C@@H]1CC(O)C(O)CC/C=C/C(=O)Cc2c(Cl)c(O)cc(O)c2C(=O)O1. The first-order chi connectivity index (χ1) is 23.6. The van der Waals surface area contributed by atoms with E-state index < -0.39 is 53.3 Å². The number of phenolic OH excluding ortho intramolecular Hbond substituents is 4. The van der Waals surface area contributed by atoms with E-state index in [0.29, 0.717) is 19.3 Å². The monoisotopic (exact) mass is 736 g/mol. The molecule has 2 aromatic rings. The van der Waals surface area contributed by atoms with Crippen LogP contribution in [-0.2, 0) is 31.9 Å². The highest BCUT2D eigenvalue weighted by Gasteiger charge is 2.28. The van der Waals surface area contributed by atoms with Crippen LogP contribution in [0.3, 0.4) is 0 Å². The Hall–Kier alpha value is -4.10. The van der Waals surface area contributed by atoms with Gasteiger partial charge in [-0.25, -0.2) is 9.59 Å². The molecule has 0 amide bonds. The van der Waals surface area contributed by atoms with Crippen molar-refractivity contribution < 1.29 is 59.3 Å². The third kappa shape index (κ3) is 11.8. The van der Waals surface area contributed by atoms with Gasteiger partial charge in [-0.15, -0.1) is 11.6 Å². The molecule has 272 valence electrons. The van der Waals surface area contributed by atoms with Gasteiger partial charge in [0.15, 0.2) is 5.78 Å². The van der Waals surface area contributed by atoms with Gasteiger partial charge in [0.1, 0.15) is 52.1 Å². The normalized spacial score (nSPS) is 25.6. The Bertz CT molecular complexity index is 1620. The molecule has 0 saturated carbocycles. The predicted molar refractivity (Wildman–Crippen MR) is 184 cm³/mol. The number of aromatic hydroxyl groups is 4. The second kappa shape index (κ2) is 18.8. The van der Waals surface area contributed by atoms with Crippen LogP contribution in [0.1, 0.15) is 90.6 Å². The van der Waals surface area contributed by atoms with Crippen LogP contribution >= 0.6 is 23.2 Å². The molecule has 14 heteroatoms. The van der Waals surface area contributed by atoms with E-state index in [1.165, 1.54) is 19.1 Å². The lowest BCUT2D eigenvalue weighted by atomic mass is 9.98. The number of alkyl halides is 1. The number of allylic oxidation sites excluding steroid dienone is 3. The molecule has 50 heavy (non-hydrogen) atoms. The molecule has 2 aliphatic heterocycles. The van der Waals surface area contributed by atoms with Crippen LogP contribution in [-0.4, -0.2) is 83.9 Å². The fourth-order valence-electron chi connectivity index (χ4n) is 5.42. The van der Waals surface area contributed by atoms with Crippen molar-refractivity contribution in [2.75, 3.05) is 0 Å². The van der Waals surface area contributed by atoms with Crippen molar-refractivity contribution in [2.45, 2.75) is 101 Å². The molecule has 0 spiro atoms. The first kappa shape index (κ1) is 40.3. The van der Waals surface area contributed by atoms with Gasteiger partial charge >= 0.3 is 11.9 Å². The second-order valence-electron chi connectivity index (χ2n) is 12.3. The lowest BCUT2D eigenvalue weighted by Crippen LogP contribution is -2.31. The van der Waals surface area contributed by atoms with Gasteiger partial charge in [0.25, 0.3) is 0 Å². The molecule has 5 atom stereocenters. The van der Waals surface area contributed by atoms with Gasteiger partial charge in [-0.1, -0.05) is 29.8 Å². The maximum absolute atomic E-state index is 12.5. The smallest absolute Gasteiger partial charge is 0.342 e. The molecule has 0 fully saturated rings. The second-order valence-corrected chi connectivity index (χ2v) is 13.3. The first-order valence-corrected chi connectivity index (χ1v) is 16.9.